The lowest BCUT2D eigenvalue weighted by atomic mass is 10.00. The zero-order chi connectivity index (χ0) is 23.0. The van der Waals surface area contributed by atoms with Crippen molar-refractivity contribution in [2.75, 3.05) is 32.7 Å². The molecule has 0 saturated carbocycles. The summed E-state index contributed by atoms with van der Waals surface area (Å²) in [4.78, 5) is 34.7. The Labute approximate surface area is 196 Å². The number of amides is 2. The van der Waals surface area contributed by atoms with Gasteiger partial charge in [0.05, 0.1) is 5.56 Å². The van der Waals surface area contributed by atoms with Crippen LogP contribution in [0, 0.1) is 0 Å². The third-order valence-electron chi connectivity index (χ3n) is 6.96. The van der Waals surface area contributed by atoms with E-state index in [4.69, 9.17) is 4.42 Å². The zero-order valence-electron chi connectivity index (χ0n) is 19.7. The van der Waals surface area contributed by atoms with Gasteiger partial charge in [0.25, 0.3) is 11.8 Å². The Morgan fingerprint density at radius 1 is 1.09 bits per heavy atom. The van der Waals surface area contributed by atoms with Crippen LogP contribution in [-0.2, 0) is 0 Å². The Hall–Kier alpha value is -2.67. The van der Waals surface area contributed by atoms with Crippen LogP contribution in [0.4, 0.5) is 0 Å². The van der Waals surface area contributed by atoms with E-state index in [0.29, 0.717) is 29.5 Å². The highest BCUT2D eigenvalue weighted by Gasteiger charge is 2.26. The molecule has 2 fully saturated rings. The van der Waals surface area contributed by atoms with Gasteiger partial charge in [0, 0.05) is 37.8 Å². The Morgan fingerprint density at radius 2 is 1.88 bits per heavy atom. The number of nitrogens with one attached hydrogen (secondary N) is 1. The van der Waals surface area contributed by atoms with Crippen molar-refractivity contribution in [3.8, 4) is 11.3 Å². The molecule has 1 aromatic heterocycles. The number of nitrogens with zero attached hydrogens (tertiary/aromatic N) is 3. The van der Waals surface area contributed by atoms with Gasteiger partial charge in [0.1, 0.15) is 0 Å². The number of aromatic nitrogens is 1. The molecule has 1 aromatic carbocycles. The molecule has 4 rings (SSSR count). The van der Waals surface area contributed by atoms with Crippen molar-refractivity contribution in [2.45, 2.75) is 64.3 Å². The highest BCUT2D eigenvalue weighted by Crippen LogP contribution is 2.28. The second kappa shape index (κ2) is 11.5. The molecule has 7 nitrogen and oxygen atoms in total. The first-order valence-corrected chi connectivity index (χ1v) is 12.5. The van der Waals surface area contributed by atoms with Gasteiger partial charge in [0.2, 0.25) is 0 Å². The number of likely N-dealkylation sites (tertiary alicyclic amines) is 2. The summed E-state index contributed by atoms with van der Waals surface area (Å²) in [5, 5.41) is 3.00. The predicted octanol–water partition coefficient (Wildman–Crippen LogP) is 4.35. The number of oxazole rings is 1. The molecule has 33 heavy (non-hydrogen) atoms. The fraction of sp³-hybridized carbons (Fsp3) is 0.577. The van der Waals surface area contributed by atoms with Crippen LogP contribution >= 0.6 is 0 Å². The second-order valence-electron chi connectivity index (χ2n) is 9.13. The van der Waals surface area contributed by atoms with Crippen molar-refractivity contribution >= 4 is 11.8 Å². The van der Waals surface area contributed by atoms with Crippen LogP contribution in [0.2, 0.25) is 0 Å². The lowest BCUT2D eigenvalue weighted by molar-refractivity contribution is 0.0724. The molecule has 178 valence electrons. The highest BCUT2D eigenvalue weighted by molar-refractivity contribution is 6.04. The van der Waals surface area contributed by atoms with Crippen molar-refractivity contribution < 1.29 is 14.0 Å². The van der Waals surface area contributed by atoms with Crippen LogP contribution in [0.1, 0.15) is 79.1 Å². The molecule has 7 heteroatoms. The molecule has 2 saturated heterocycles. The molecule has 2 aromatic rings. The first kappa shape index (κ1) is 23.5. The number of piperidine rings is 2. The zero-order valence-corrected chi connectivity index (χ0v) is 19.7. The summed E-state index contributed by atoms with van der Waals surface area (Å²) in [6.07, 6.45) is 10.5. The minimum atomic E-state index is -0.260. The van der Waals surface area contributed by atoms with Crippen molar-refractivity contribution in [3.05, 3.63) is 41.9 Å². The van der Waals surface area contributed by atoms with Gasteiger partial charge in [-0.05, 0) is 57.6 Å². The molecule has 2 amide bonds. The van der Waals surface area contributed by atoms with E-state index in [2.05, 4.69) is 22.1 Å². The SMILES string of the molecule is CCC1CCCCN1CCCNC(=O)c1ncoc1-c1ccccc1C(=O)N1CCCCC1. The standard InChI is InChI=1S/C26H36N4O3/c1-2-20-11-6-9-15-29(20)18-10-14-27-25(31)23-24(33-19-28-23)21-12-4-5-13-22(21)26(32)30-16-7-3-8-17-30/h4-5,12-13,19-20H,2-3,6-11,14-18H2,1H3,(H,27,31). The van der Waals surface area contributed by atoms with E-state index in [1.54, 1.807) is 6.07 Å². The summed E-state index contributed by atoms with van der Waals surface area (Å²) in [5.41, 5.74) is 1.41. The molecule has 0 aliphatic carbocycles. The number of carbonyl (C=O) groups is 2. The summed E-state index contributed by atoms with van der Waals surface area (Å²) >= 11 is 0. The van der Waals surface area contributed by atoms with Gasteiger partial charge >= 0.3 is 0 Å². The fourth-order valence-electron chi connectivity index (χ4n) is 5.12. The van der Waals surface area contributed by atoms with Gasteiger partial charge in [-0.25, -0.2) is 4.98 Å². The predicted molar refractivity (Wildman–Crippen MR) is 128 cm³/mol. The maximum Gasteiger partial charge on any atom is 0.273 e. The molecular formula is C26H36N4O3. The number of benzene rings is 1. The van der Waals surface area contributed by atoms with Crippen LogP contribution in [0.3, 0.4) is 0 Å². The van der Waals surface area contributed by atoms with E-state index in [9.17, 15) is 9.59 Å². The van der Waals surface area contributed by atoms with E-state index < -0.39 is 0 Å². The lowest BCUT2D eigenvalue weighted by Crippen LogP contribution is -2.40. The minimum Gasteiger partial charge on any atom is -0.443 e. The Balaban J connectivity index is 1.40. The molecule has 1 unspecified atom stereocenters. The van der Waals surface area contributed by atoms with Crippen molar-refractivity contribution in [2.24, 2.45) is 0 Å². The molecule has 2 aliphatic rings. The average Bonchev–Trinajstić information content (AvgIpc) is 3.37. The first-order chi connectivity index (χ1) is 16.2. The topological polar surface area (TPSA) is 78.7 Å². The third-order valence-corrected chi connectivity index (χ3v) is 6.96. The Kier molecular flexibility index (Phi) is 8.15. The molecule has 3 heterocycles. The van der Waals surface area contributed by atoms with E-state index in [1.807, 2.05) is 23.1 Å². The van der Waals surface area contributed by atoms with Gasteiger partial charge in [-0.3, -0.25) is 9.59 Å². The van der Waals surface area contributed by atoms with E-state index in [0.717, 1.165) is 51.9 Å². The van der Waals surface area contributed by atoms with E-state index in [-0.39, 0.29) is 17.5 Å². The third kappa shape index (κ3) is 5.64. The quantitative estimate of drug-likeness (QED) is 0.603. The summed E-state index contributed by atoms with van der Waals surface area (Å²) in [6.45, 7) is 6.54. The number of hydrogen-bond donors (Lipinski definition) is 1. The molecule has 0 bridgehead atoms. The van der Waals surface area contributed by atoms with Crippen LogP contribution in [0.15, 0.2) is 35.1 Å². The van der Waals surface area contributed by atoms with Gasteiger partial charge < -0.3 is 19.5 Å². The summed E-state index contributed by atoms with van der Waals surface area (Å²) in [6, 6.07) is 8.01. The van der Waals surface area contributed by atoms with Gasteiger partial charge in [0.15, 0.2) is 17.8 Å². The molecule has 1 N–H and O–H groups in total. The van der Waals surface area contributed by atoms with Crippen LogP contribution in [0.5, 0.6) is 0 Å². The largest absolute Gasteiger partial charge is 0.443 e. The van der Waals surface area contributed by atoms with E-state index in [1.165, 1.54) is 32.1 Å². The fourth-order valence-corrected chi connectivity index (χ4v) is 5.12. The number of hydrogen-bond acceptors (Lipinski definition) is 5. The van der Waals surface area contributed by atoms with Crippen molar-refractivity contribution in [1.82, 2.24) is 20.1 Å². The van der Waals surface area contributed by atoms with Gasteiger partial charge in [-0.15, -0.1) is 0 Å². The van der Waals surface area contributed by atoms with E-state index >= 15 is 0 Å². The smallest absolute Gasteiger partial charge is 0.273 e. The Bertz CT molecular complexity index is 935. The first-order valence-electron chi connectivity index (χ1n) is 12.5. The summed E-state index contributed by atoms with van der Waals surface area (Å²) < 4.78 is 5.63. The van der Waals surface area contributed by atoms with Crippen molar-refractivity contribution in [3.63, 3.8) is 0 Å². The highest BCUT2D eigenvalue weighted by atomic mass is 16.3. The Morgan fingerprint density at radius 3 is 2.70 bits per heavy atom. The summed E-state index contributed by atoms with van der Waals surface area (Å²) in [5.74, 6) is 0.0836. The van der Waals surface area contributed by atoms with Crippen LogP contribution in [-0.4, -0.2) is 65.4 Å². The molecule has 0 radical (unpaired) electrons. The maximum absolute atomic E-state index is 13.2. The lowest BCUT2D eigenvalue weighted by Gasteiger charge is -2.35. The van der Waals surface area contributed by atoms with Gasteiger partial charge in [-0.2, -0.15) is 0 Å². The number of carbonyl (C=O) groups excluding carboxylic acids is 2. The minimum absolute atomic E-state index is 0.0138. The normalized spacial score (nSPS) is 19.4. The maximum atomic E-state index is 13.2. The van der Waals surface area contributed by atoms with Crippen LogP contribution in [0.25, 0.3) is 11.3 Å². The average molecular weight is 453 g/mol. The van der Waals surface area contributed by atoms with Crippen LogP contribution < -0.4 is 5.32 Å². The second-order valence-corrected chi connectivity index (χ2v) is 9.13. The molecular weight excluding hydrogens is 416 g/mol. The van der Waals surface area contributed by atoms with Gasteiger partial charge in [-0.1, -0.05) is 31.5 Å². The monoisotopic (exact) mass is 452 g/mol. The molecule has 1 atom stereocenters. The number of rotatable bonds is 8. The summed E-state index contributed by atoms with van der Waals surface area (Å²) in [7, 11) is 0. The molecule has 0 spiro atoms. The molecule has 2 aliphatic heterocycles. The van der Waals surface area contributed by atoms with Crippen molar-refractivity contribution in [1.29, 1.82) is 0 Å².